The predicted octanol–water partition coefficient (Wildman–Crippen LogP) is 0.0954. The Kier molecular flexibility index (Phi) is 1.88. The van der Waals surface area contributed by atoms with Gasteiger partial charge in [-0.05, 0) is 19.1 Å². The molecule has 2 aromatic heterocycles. The standard InChI is InChI=1S/C7H8N4O2S/c1-2-11-4-3(8-7(11)14)5(12)10-6(13)9-4/h2H2,1H3,(H,8,14)(H2,9,10,12,13). The third kappa shape index (κ3) is 1.13. The van der Waals surface area contributed by atoms with Crippen LogP contribution in [-0.4, -0.2) is 19.5 Å². The van der Waals surface area contributed by atoms with Crippen LogP contribution in [0.15, 0.2) is 9.59 Å². The zero-order valence-corrected chi connectivity index (χ0v) is 8.20. The Morgan fingerprint density at radius 1 is 1.29 bits per heavy atom. The van der Waals surface area contributed by atoms with Crippen molar-refractivity contribution in [2.75, 3.05) is 0 Å². The lowest BCUT2D eigenvalue weighted by Crippen LogP contribution is -2.22. The number of H-pyrrole nitrogens is 3. The van der Waals surface area contributed by atoms with Crippen molar-refractivity contribution in [2.45, 2.75) is 13.5 Å². The molecule has 0 aliphatic rings. The van der Waals surface area contributed by atoms with Gasteiger partial charge in [-0.3, -0.25) is 14.8 Å². The summed E-state index contributed by atoms with van der Waals surface area (Å²) < 4.78 is 2.08. The summed E-state index contributed by atoms with van der Waals surface area (Å²) in [5, 5.41) is 0. The summed E-state index contributed by atoms with van der Waals surface area (Å²) in [6, 6.07) is 0. The molecule has 6 nitrogen and oxygen atoms in total. The number of aromatic nitrogens is 4. The molecule has 0 aromatic carbocycles. The number of nitrogens with one attached hydrogen (secondary N) is 3. The Morgan fingerprint density at radius 3 is 2.64 bits per heavy atom. The van der Waals surface area contributed by atoms with Gasteiger partial charge in [-0.2, -0.15) is 0 Å². The van der Waals surface area contributed by atoms with E-state index in [2.05, 4.69) is 15.0 Å². The van der Waals surface area contributed by atoms with E-state index >= 15 is 0 Å². The van der Waals surface area contributed by atoms with Crippen molar-refractivity contribution in [3.05, 3.63) is 25.6 Å². The van der Waals surface area contributed by atoms with Gasteiger partial charge in [0.15, 0.2) is 4.77 Å². The van der Waals surface area contributed by atoms with Crippen LogP contribution in [-0.2, 0) is 6.54 Å². The summed E-state index contributed by atoms with van der Waals surface area (Å²) in [4.78, 5) is 29.7. The van der Waals surface area contributed by atoms with Crippen LogP contribution in [0.1, 0.15) is 6.92 Å². The number of imidazole rings is 1. The van der Waals surface area contributed by atoms with E-state index in [9.17, 15) is 9.59 Å². The molecular formula is C7H8N4O2S. The predicted molar refractivity (Wildman–Crippen MR) is 54.0 cm³/mol. The second-order valence-electron chi connectivity index (χ2n) is 2.81. The summed E-state index contributed by atoms with van der Waals surface area (Å²) in [6.45, 7) is 2.47. The number of aromatic amines is 3. The van der Waals surface area contributed by atoms with Crippen molar-refractivity contribution < 1.29 is 0 Å². The molecule has 0 fully saturated rings. The fourth-order valence-corrected chi connectivity index (χ4v) is 1.69. The first-order valence-corrected chi connectivity index (χ1v) is 4.49. The normalized spacial score (nSPS) is 10.9. The molecule has 0 amide bonds. The summed E-state index contributed by atoms with van der Waals surface area (Å²) >= 11 is 4.99. The van der Waals surface area contributed by atoms with Crippen LogP contribution >= 0.6 is 12.2 Å². The van der Waals surface area contributed by atoms with Gasteiger partial charge in [-0.25, -0.2) is 4.79 Å². The molecule has 14 heavy (non-hydrogen) atoms. The third-order valence-electron chi connectivity index (χ3n) is 1.99. The third-order valence-corrected chi connectivity index (χ3v) is 2.31. The van der Waals surface area contributed by atoms with E-state index in [0.29, 0.717) is 22.5 Å². The van der Waals surface area contributed by atoms with Gasteiger partial charge in [-0.1, -0.05) is 0 Å². The monoisotopic (exact) mass is 212 g/mol. The molecule has 0 radical (unpaired) electrons. The highest BCUT2D eigenvalue weighted by Gasteiger charge is 2.06. The molecule has 2 rings (SSSR count). The summed E-state index contributed by atoms with van der Waals surface area (Å²) in [6.07, 6.45) is 0. The number of rotatable bonds is 1. The van der Waals surface area contributed by atoms with Gasteiger partial charge < -0.3 is 9.55 Å². The molecular weight excluding hydrogens is 204 g/mol. The molecule has 0 saturated heterocycles. The number of hydrogen-bond acceptors (Lipinski definition) is 3. The van der Waals surface area contributed by atoms with E-state index in [1.54, 1.807) is 4.57 Å². The Bertz CT molecular complexity index is 644. The van der Waals surface area contributed by atoms with Crippen molar-refractivity contribution in [1.29, 1.82) is 0 Å². The van der Waals surface area contributed by atoms with Crippen LogP contribution in [0.25, 0.3) is 11.2 Å². The van der Waals surface area contributed by atoms with Crippen LogP contribution in [0.5, 0.6) is 0 Å². The van der Waals surface area contributed by atoms with Gasteiger partial charge in [0.25, 0.3) is 5.56 Å². The van der Waals surface area contributed by atoms with Crippen molar-refractivity contribution in [1.82, 2.24) is 19.5 Å². The molecule has 7 heteroatoms. The number of aryl methyl sites for hydroxylation is 1. The van der Waals surface area contributed by atoms with E-state index in [0.717, 1.165) is 0 Å². The lowest BCUT2D eigenvalue weighted by Gasteiger charge is -1.96. The maximum absolute atomic E-state index is 11.3. The molecule has 0 spiro atoms. The van der Waals surface area contributed by atoms with Crippen LogP contribution < -0.4 is 11.2 Å². The lowest BCUT2D eigenvalue weighted by molar-refractivity contribution is 0.763. The first-order chi connectivity index (χ1) is 6.63. The molecule has 2 aromatic rings. The van der Waals surface area contributed by atoms with Crippen molar-refractivity contribution >= 4 is 23.4 Å². The highest BCUT2D eigenvalue weighted by molar-refractivity contribution is 7.71. The van der Waals surface area contributed by atoms with E-state index in [-0.39, 0.29) is 0 Å². The average molecular weight is 212 g/mol. The molecule has 0 unspecified atom stereocenters. The summed E-state index contributed by atoms with van der Waals surface area (Å²) in [5.41, 5.74) is -0.247. The average Bonchev–Trinajstić information content (AvgIpc) is 2.41. The molecule has 0 bridgehead atoms. The lowest BCUT2D eigenvalue weighted by atomic mass is 10.5. The summed E-state index contributed by atoms with van der Waals surface area (Å²) in [7, 11) is 0. The maximum atomic E-state index is 11.3. The largest absolute Gasteiger partial charge is 0.327 e. The van der Waals surface area contributed by atoms with Gasteiger partial charge in [0.2, 0.25) is 0 Å². The van der Waals surface area contributed by atoms with E-state index in [1.807, 2.05) is 6.92 Å². The number of fused-ring (bicyclic) bond motifs is 1. The topological polar surface area (TPSA) is 86.4 Å². The van der Waals surface area contributed by atoms with E-state index in [1.165, 1.54) is 0 Å². The Hall–Kier alpha value is -1.63. The van der Waals surface area contributed by atoms with Gasteiger partial charge in [0.05, 0.1) is 0 Å². The molecule has 2 heterocycles. The Morgan fingerprint density at radius 2 is 2.00 bits per heavy atom. The molecule has 74 valence electrons. The van der Waals surface area contributed by atoms with Gasteiger partial charge >= 0.3 is 5.69 Å². The van der Waals surface area contributed by atoms with Gasteiger partial charge in [0.1, 0.15) is 11.2 Å². The number of hydrogen-bond donors (Lipinski definition) is 3. The quantitative estimate of drug-likeness (QED) is 0.586. The molecule has 3 N–H and O–H groups in total. The van der Waals surface area contributed by atoms with Crippen molar-refractivity contribution in [2.24, 2.45) is 0 Å². The Balaban J connectivity index is 3.10. The smallest absolute Gasteiger partial charge is 0.325 e. The second-order valence-corrected chi connectivity index (χ2v) is 3.19. The Labute approximate surface area is 82.6 Å². The fourth-order valence-electron chi connectivity index (χ4n) is 1.37. The fraction of sp³-hybridized carbons (Fsp3) is 0.286. The first-order valence-electron chi connectivity index (χ1n) is 4.08. The van der Waals surface area contributed by atoms with Gasteiger partial charge in [-0.15, -0.1) is 0 Å². The zero-order chi connectivity index (χ0) is 10.3. The first kappa shape index (κ1) is 8.95. The van der Waals surface area contributed by atoms with Crippen molar-refractivity contribution in [3.63, 3.8) is 0 Å². The number of nitrogens with zero attached hydrogens (tertiary/aromatic N) is 1. The highest BCUT2D eigenvalue weighted by Crippen LogP contribution is 2.04. The minimum Gasteiger partial charge on any atom is -0.325 e. The minimum atomic E-state index is -0.529. The van der Waals surface area contributed by atoms with E-state index in [4.69, 9.17) is 12.2 Å². The second kappa shape index (κ2) is 2.95. The van der Waals surface area contributed by atoms with Crippen LogP contribution in [0.2, 0.25) is 0 Å². The molecule has 0 atom stereocenters. The molecule has 0 saturated carbocycles. The summed E-state index contributed by atoms with van der Waals surface area (Å²) in [5.74, 6) is 0. The molecule has 0 aliphatic heterocycles. The SMILES string of the molecule is CCn1c(=S)[nH]c2c(=O)[nH]c(=O)[nH]c21. The van der Waals surface area contributed by atoms with Gasteiger partial charge in [0, 0.05) is 6.54 Å². The highest BCUT2D eigenvalue weighted by atomic mass is 32.1. The van der Waals surface area contributed by atoms with Crippen molar-refractivity contribution in [3.8, 4) is 0 Å². The van der Waals surface area contributed by atoms with Crippen LogP contribution in [0.3, 0.4) is 0 Å². The maximum Gasteiger partial charge on any atom is 0.327 e. The minimum absolute atomic E-state index is 0.302. The van der Waals surface area contributed by atoms with Crippen LogP contribution in [0, 0.1) is 4.77 Å². The van der Waals surface area contributed by atoms with Crippen LogP contribution in [0.4, 0.5) is 0 Å². The zero-order valence-electron chi connectivity index (χ0n) is 7.38. The molecule has 0 aliphatic carbocycles. The van der Waals surface area contributed by atoms with E-state index < -0.39 is 11.2 Å².